The van der Waals surface area contributed by atoms with E-state index >= 15 is 0 Å². The summed E-state index contributed by atoms with van der Waals surface area (Å²) in [5.74, 6) is -0.359. The maximum absolute atomic E-state index is 13.0. The average Bonchev–Trinajstić information content (AvgIpc) is 3.10. The van der Waals surface area contributed by atoms with Crippen LogP contribution in [0, 0.1) is 6.92 Å². The van der Waals surface area contributed by atoms with Gasteiger partial charge in [-0.3, -0.25) is 9.59 Å². The zero-order chi connectivity index (χ0) is 22.9. The topological polar surface area (TPSA) is 111 Å². The van der Waals surface area contributed by atoms with Crippen LogP contribution in [-0.4, -0.2) is 48.7 Å². The molecule has 1 fully saturated rings. The molecule has 32 heavy (non-hydrogen) atoms. The van der Waals surface area contributed by atoms with Crippen LogP contribution in [0.5, 0.6) is 0 Å². The lowest BCUT2D eigenvalue weighted by Crippen LogP contribution is -2.46. The first kappa shape index (κ1) is 22.0. The number of benzene rings is 2. The van der Waals surface area contributed by atoms with Crippen molar-refractivity contribution in [1.82, 2.24) is 14.6 Å². The number of aromatic amines is 1. The number of carbonyl (C=O) groups is 2. The standard InChI is InChI=1S/C23H26N4O4S/c1-15-22(20-5-3-4-6-21(20)24-15)23(29)26-18-11-13-27(14-12-18)32(30,31)19-9-7-17(8-10-19)25-16(2)28/h3-10,18,24H,11-14H2,1-2H3,(H,25,28)(H,26,29). The molecule has 1 aromatic heterocycles. The number of carbonyl (C=O) groups excluding carboxylic acids is 2. The number of anilines is 1. The summed E-state index contributed by atoms with van der Waals surface area (Å²) in [6.07, 6.45) is 1.08. The number of hydrogen-bond donors (Lipinski definition) is 3. The summed E-state index contributed by atoms with van der Waals surface area (Å²) in [4.78, 5) is 27.5. The zero-order valence-electron chi connectivity index (χ0n) is 18.0. The van der Waals surface area contributed by atoms with Crippen molar-refractivity contribution in [3.8, 4) is 0 Å². The second-order valence-electron chi connectivity index (χ2n) is 8.03. The highest BCUT2D eigenvalue weighted by Gasteiger charge is 2.30. The molecule has 0 spiro atoms. The summed E-state index contributed by atoms with van der Waals surface area (Å²) in [5.41, 5.74) is 2.91. The third-order valence-corrected chi connectivity index (χ3v) is 7.64. The number of piperidine rings is 1. The van der Waals surface area contributed by atoms with Crippen molar-refractivity contribution in [1.29, 1.82) is 0 Å². The van der Waals surface area contributed by atoms with Gasteiger partial charge in [-0.15, -0.1) is 0 Å². The van der Waals surface area contributed by atoms with E-state index < -0.39 is 10.0 Å². The first-order valence-electron chi connectivity index (χ1n) is 10.5. The Morgan fingerprint density at radius 2 is 1.69 bits per heavy atom. The van der Waals surface area contributed by atoms with Crippen LogP contribution in [0.15, 0.2) is 53.4 Å². The van der Waals surface area contributed by atoms with E-state index in [1.807, 2.05) is 31.2 Å². The van der Waals surface area contributed by atoms with Gasteiger partial charge >= 0.3 is 0 Å². The van der Waals surface area contributed by atoms with Crippen LogP contribution in [0.1, 0.15) is 35.8 Å². The van der Waals surface area contributed by atoms with Gasteiger partial charge in [0.05, 0.1) is 10.5 Å². The lowest BCUT2D eigenvalue weighted by atomic mass is 10.0. The number of rotatable bonds is 5. The predicted molar refractivity (Wildman–Crippen MR) is 123 cm³/mol. The maximum atomic E-state index is 13.0. The summed E-state index contributed by atoms with van der Waals surface area (Å²) in [7, 11) is -3.63. The quantitative estimate of drug-likeness (QED) is 0.550. The van der Waals surface area contributed by atoms with E-state index in [1.54, 1.807) is 12.1 Å². The van der Waals surface area contributed by atoms with E-state index in [0.29, 0.717) is 37.2 Å². The van der Waals surface area contributed by atoms with Gasteiger partial charge < -0.3 is 15.6 Å². The fraction of sp³-hybridized carbons (Fsp3) is 0.304. The fourth-order valence-electron chi connectivity index (χ4n) is 4.13. The van der Waals surface area contributed by atoms with Crippen LogP contribution in [0.3, 0.4) is 0 Å². The summed E-state index contributed by atoms with van der Waals surface area (Å²) in [6, 6.07) is 13.7. The molecule has 9 heteroatoms. The Bertz CT molecular complexity index is 1260. The highest BCUT2D eigenvalue weighted by Crippen LogP contribution is 2.24. The van der Waals surface area contributed by atoms with E-state index in [-0.39, 0.29) is 22.8 Å². The van der Waals surface area contributed by atoms with Gasteiger partial charge in [0.2, 0.25) is 15.9 Å². The molecule has 4 rings (SSSR count). The van der Waals surface area contributed by atoms with Gasteiger partial charge in [-0.25, -0.2) is 8.42 Å². The molecule has 0 atom stereocenters. The Hall–Kier alpha value is -3.17. The Morgan fingerprint density at radius 3 is 2.34 bits per heavy atom. The summed E-state index contributed by atoms with van der Waals surface area (Å²) in [5, 5.41) is 6.57. The summed E-state index contributed by atoms with van der Waals surface area (Å²) < 4.78 is 27.4. The smallest absolute Gasteiger partial charge is 0.253 e. The zero-order valence-corrected chi connectivity index (χ0v) is 18.8. The SMILES string of the molecule is CC(=O)Nc1ccc(S(=O)(=O)N2CCC(NC(=O)c3c(C)[nH]c4ccccc34)CC2)cc1. The summed E-state index contributed by atoms with van der Waals surface area (Å²) in [6.45, 7) is 3.93. The van der Waals surface area contributed by atoms with Crippen LogP contribution in [0.25, 0.3) is 10.9 Å². The number of hydrogen-bond acceptors (Lipinski definition) is 4. The maximum Gasteiger partial charge on any atom is 0.253 e. The number of fused-ring (bicyclic) bond motifs is 1. The molecule has 2 heterocycles. The average molecular weight is 455 g/mol. The van der Waals surface area contributed by atoms with E-state index in [0.717, 1.165) is 16.6 Å². The fourth-order valence-corrected chi connectivity index (χ4v) is 5.60. The molecule has 2 amide bonds. The van der Waals surface area contributed by atoms with Crippen molar-refractivity contribution in [3.05, 3.63) is 59.8 Å². The molecule has 2 aromatic carbocycles. The number of amides is 2. The van der Waals surface area contributed by atoms with E-state index in [1.165, 1.54) is 23.4 Å². The molecule has 168 valence electrons. The lowest BCUT2D eigenvalue weighted by molar-refractivity contribution is -0.114. The van der Waals surface area contributed by atoms with Crippen LogP contribution in [-0.2, 0) is 14.8 Å². The highest BCUT2D eigenvalue weighted by molar-refractivity contribution is 7.89. The molecule has 3 aromatic rings. The van der Waals surface area contributed by atoms with Crippen molar-refractivity contribution >= 4 is 38.4 Å². The van der Waals surface area contributed by atoms with Gasteiger partial charge in [0.25, 0.3) is 5.91 Å². The van der Waals surface area contributed by atoms with Gasteiger partial charge in [-0.1, -0.05) is 18.2 Å². The van der Waals surface area contributed by atoms with Crippen LogP contribution < -0.4 is 10.6 Å². The molecule has 0 aliphatic carbocycles. The van der Waals surface area contributed by atoms with Crippen molar-refractivity contribution in [2.45, 2.75) is 37.6 Å². The van der Waals surface area contributed by atoms with E-state index in [2.05, 4.69) is 15.6 Å². The number of H-pyrrole nitrogens is 1. The minimum Gasteiger partial charge on any atom is -0.358 e. The largest absolute Gasteiger partial charge is 0.358 e. The molecule has 3 N–H and O–H groups in total. The molecule has 0 radical (unpaired) electrons. The molecular formula is C23H26N4O4S. The molecule has 1 aliphatic rings. The Labute approximate surface area is 187 Å². The second-order valence-corrected chi connectivity index (χ2v) is 9.97. The van der Waals surface area contributed by atoms with Gasteiger partial charge in [-0.05, 0) is 50.1 Å². The van der Waals surface area contributed by atoms with E-state index in [9.17, 15) is 18.0 Å². The Kier molecular flexibility index (Phi) is 6.03. The number of nitrogens with zero attached hydrogens (tertiary/aromatic N) is 1. The normalized spacial score (nSPS) is 15.6. The second kappa shape index (κ2) is 8.76. The third-order valence-electron chi connectivity index (χ3n) is 5.72. The first-order valence-corrected chi connectivity index (χ1v) is 12.0. The van der Waals surface area contributed by atoms with Crippen molar-refractivity contribution in [2.75, 3.05) is 18.4 Å². The third kappa shape index (κ3) is 4.39. The molecule has 0 saturated carbocycles. The van der Waals surface area contributed by atoms with Crippen LogP contribution in [0.4, 0.5) is 5.69 Å². The molecule has 1 aliphatic heterocycles. The highest BCUT2D eigenvalue weighted by atomic mass is 32.2. The van der Waals surface area contributed by atoms with Gasteiger partial charge in [0.15, 0.2) is 0 Å². The number of aryl methyl sites for hydroxylation is 1. The molecule has 0 unspecified atom stereocenters. The van der Waals surface area contributed by atoms with Crippen LogP contribution >= 0.6 is 0 Å². The molecule has 1 saturated heterocycles. The molecule has 0 bridgehead atoms. The van der Waals surface area contributed by atoms with Gasteiger partial charge in [0.1, 0.15) is 0 Å². The lowest BCUT2D eigenvalue weighted by Gasteiger charge is -2.31. The van der Waals surface area contributed by atoms with E-state index in [4.69, 9.17) is 0 Å². The minimum atomic E-state index is -3.63. The van der Waals surface area contributed by atoms with Crippen molar-refractivity contribution in [2.24, 2.45) is 0 Å². The Balaban J connectivity index is 1.40. The molecular weight excluding hydrogens is 428 g/mol. The van der Waals surface area contributed by atoms with Crippen molar-refractivity contribution in [3.63, 3.8) is 0 Å². The molecule has 8 nitrogen and oxygen atoms in total. The first-order chi connectivity index (χ1) is 15.3. The monoisotopic (exact) mass is 454 g/mol. The predicted octanol–water partition coefficient (Wildman–Crippen LogP) is 3.02. The van der Waals surface area contributed by atoms with Gasteiger partial charge in [-0.2, -0.15) is 4.31 Å². The van der Waals surface area contributed by atoms with Crippen molar-refractivity contribution < 1.29 is 18.0 Å². The number of nitrogens with one attached hydrogen (secondary N) is 3. The minimum absolute atomic E-state index is 0.0934. The summed E-state index contributed by atoms with van der Waals surface area (Å²) >= 11 is 0. The van der Waals surface area contributed by atoms with Crippen LogP contribution in [0.2, 0.25) is 0 Å². The number of para-hydroxylation sites is 1. The Morgan fingerprint density at radius 1 is 1.03 bits per heavy atom. The number of sulfonamides is 1. The van der Waals surface area contributed by atoms with Gasteiger partial charge in [0, 0.05) is 48.3 Å². The number of aromatic nitrogens is 1.